The maximum atomic E-state index is 8.35. The molecule has 0 amide bonds. The molecule has 0 aromatic heterocycles. The highest BCUT2D eigenvalue weighted by Gasteiger charge is 2.48. The second-order valence-electron chi connectivity index (χ2n) is 19.8. The van der Waals surface area contributed by atoms with Crippen LogP contribution in [-0.4, -0.2) is 30.4 Å². The molecule has 0 saturated carbocycles. The lowest BCUT2D eigenvalue weighted by Crippen LogP contribution is -2.75. The molecular formula is C74H60O4P2Si2. The van der Waals surface area contributed by atoms with Crippen molar-refractivity contribution >= 4 is 95.2 Å². The summed E-state index contributed by atoms with van der Waals surface area (Å²) in [6.07, 6.45) is 0. The predicted molar refractivity (Wildman–Crippen MR) is 352 cm³/mol. The molecule has 398 valence electrons. The molecular weight excluding hydrogens is 1070 g/mol. The topological polar surface area (TPSA) is 36.9 Å². The van der Waals surface area contributed by atoms with Crippen molar-refractivity contribution in [3.63, 3.8) is 0 Å². The van der Waals surface area contributed by atoms with Crippen LogP contribution in [-0.2, 0) is 0 Å². The summed E-state index contributed by atoms with van der Waals surface area (Å²) in [5.41, 5.74) is 1.47. The van der Waals surface area contributed by atoms with Crippen LogP contribution in [0.1, 0.15) is 0 Å². The Morgan fingerprint density at radius 3 is 0.622 bits per heavy atom. The molecule has 0 N–H and O–H groups in total. The van der Waals surface area contributed by atoms with Crippen LogP contribution in [0.5, 0.6) is 23.0 Å². The van der Waals surface area contributed by atoms with Crippen LogP contribution in [0.3, 0.4) is 0 Å². The molecule has 12 aromatic carbocycles. The van der Waals surface area contributed by atoms with Gasteiger partial charge in [-0.2, -0.15) is 0 Å². The van der Waals surface area contributed by atoms with Gasteiger partial charge >= 0.3 is 0 Å². The maximum absolute atomic E-state index is 8.35. The summed E-state index contributed by atoms with van der Waals surface area (Å²) in [5.74, 6) is 2.61. The molecule has 0 spiro atoms. The van der Waals surface area contributed by atoms with Gasteiger partial charge in [0, 0.05) is 21.2 Å². The third-order valence-corrected chi connectivity index (χ3v) is 28.7. The van der Waals surface area contributed by atoms with Crippen molar-refractivity contribution in [1.29, 1.82) is 0 Å². The fourth-order valence-corrected chi connectivity index (χ4v) is 25.2. The quantitative estimate of drug-likeness (QED) is 0.0459. The number of ether oxygens (including phenoxy) is 2. The van der Waals surface area contributed by atoms with Gasteiger partial charge in [-0.25, -0.2) is 0 Å². The zero-order valence-corrected chi connectivity index (χ0v) is 49.5. The van der Waals surface area contributed by atoms with Crippen LogP contribution >= 0.6 is 16.3 Å². The maximum Gasteiger partial charge on any atom is 0.184 e. The normalized spacial score (nSPS) is 11.5. The van der Waals surface area contributed by atoms with Crippen LogP contribution in [0.4, 0.5) is 0 Å². The predicted octanol–water partition coefficient (Wildman–Crippen LogP) is 11.0. The van der Waals surface area contributed by atoms with E-state index in [1.54, 1.807) is 14.2 Å². The van der Waals surface area contributed by atoms with Gasteiger partial charge in [0.15, 0.2) is 32.4 Å². The molecule has 0 heterocycles. The Kier molecular flexibility index (Phi) is 16.3. The summed E-state index contributed by atoms with van der Waals surface area (Å²) in [7, 11) is -6.50. The zero-order chi connectivity index (χ0) is 55.6. The summed E-state index contributed by atoms with van der Waals surface area (Å²) >= 11 is 0. The summed E-state index contributed by atoms with van der Waals surface area (Å²) < 4.78 is 30.4. The zero-order valence-electron chi connectivity index (χ0n) is 45.7. The molecule has 0 aliphatic rings. The summed E-state index contributed by atoms with van der Waals surface area (Å²) in [6, 6.07) is 118. The van der Waals surface area contributed by atoms with Crippen LogP contribution in [0, 0.1) is 0 Å². The molecule has 0 atom stereocenters. The minimum atomic E-state index is -3.44. The van der Waals surface area contributed by atoms with Crippen molar-refractivity contribution in [1.82, 2.24) is 0 Å². The first-order valence-electron chi connectivity index (χ1n) is 27.6. The van der Waals surface area contributed by atoms with Crippen LogP contribution in [0.2, 0.25) is 0 Å². The van der Waals surface area contributed by atoms with E-state index in [9.17, 15) is 0 Å². The fraction of sp³-hybridized carbons (Fsp3) is 0.0270. The Hall–Kier alpha value is -8.87. The minimum absolute atomic E-state index is 0.613. The van der Waals surface area contributed by atoms with Crippen molar-refractivity contribution in [3.8, 4) is 34.1 Å². The molecule has 0 radical (unpaired) electrons. The van der Waals surface area contributed by atoms with Gasteiger partial charge < -0.3 is 18.5 Å². The van der Waals surface area contributed by atoms with Gasteiger partial charge in [0.25, 0.3) is 0 Å². The standard InChI is InChI=1S/C74H60O4P2Si2/c1-75-67-53-55-69(81(61-41-21-7-22-42-61,62-43-23-8-24-44-62)63-45-25-9-26-46-63)73(77-79(57-33-13-3-14-34-57)58-35-15-4-16-36-58)71(67)72-68(76-2)54-56-70(74(72)78-80(59-37-17-5-18-38-59)60-39-19-6-20-40-60)82(64-47-27-10-28-48-64,65-49-29-11-30-50-65)66-51-31-12-32-52-66/h3-56H,1-2H3. The molecule has 0 aliphatic heterocycles. The summed E-state index contributed by atoms with van der Waals surface area (Å²) in [4.78, 5) is 0. The highest BCUT2D eigenvalue weighted by atomic mass is 31.1. The lowest BCUT2D eigenvalue weighted by Gasteiger charge is -2.38. The first kappa shape index (κ1) is 53.8. The van der Waals surface area contributed by atoms with E-state index in [0.29, 0.717) is 23.0 Å². The molecule has 12 aromatic rings. The smallest absolute Gasteiger partial charge is 0.184 e. The molecule has 0 bridgehead atoms. The van der Waals surface area contributed by atoms with E-state index in [4.69, 9.17) is 18.5 Å². The van der Waals surface area contributed by atoms with Gasteiger partial charge in [0.05, 0.1) is 25.3 Å². The molecule has 0 fully saturated rings. The summed E-state index contributed by atoms with van der Waals surface area (Å²) in [5, 5.41) is 13.6. The van der Waals surface area contributed by atoms with Crippen molar-refractivity contribution in [2.75, 3.05) is 14.2 Å². The average molecular weight is 1130 g/mol. The monoisotopic (exact) mass is 1130 g/mol. The lowest BCUT2D eigenvalue weighted by atomic mass is 10.0. The Labute approximate surface area is 486 Å². The first-order chi connectivity index (χ1) is 40.6. The van der Waals surface area contributed by atoms with E-state index in [0.717, 1.165) is 42.7 Å². The van der Waals surface area contributed by atoms with E-state index in [1.165, 1.54) is 31.1 Å². The van der Waals surface area contributed by atoms with E-state index in [-0.39, 0.29) is 0 Å². The minimum Gasteiger partial charge on any atom is -0.496 e. The van der Waals surface area contributed by atoms with E-state index in [1.807, 2.05) is 0 Å². The van der Waals surface area contributed by atoms with Gasteiger partial charge in [-0.1, -0.05) is 315 Å². The Morgan fingerprint density at radius 2 is 0.427 bits per heavy atom. The second-order valence-corrected chi connectivity index (χ2v) is 31.0. The molecule has 4 nitrogen and oxygen atoms in total. The van der Waals surface area contributed by atoms with Gasteiger partial charge in [-0.15, -0.1) is 0 Å². The number of hydrogen-bond donors (Lipinski definition) is 0. The molecule has 0 aliphatic carbocycles. The van der Waals surface area contributed by atoms with Crippen LogP contribution in [0.25, 0.3) is 11.1 Å². The average Bonchev–Trinajstić information content (AvgIpc) is 2.92. The van der Waals surface area contributed by atoms with Crippen LogP contribution in [0.15, 0.2) is 328 Å². The molecule has 12 rings (SSSR count). The Balaban J connectivity index is 1.31. The van der Waals surface area contributed by atoms with Crippen molar-refractivity contribution in [2.45, 2.75) is 0 Å². The fourth-order valence-electron chi connectivity index (χ4n) is 11.7. The number of rotatable bonds is 19. The van der Waals surface area contributed by atoms with Crippen molar-refractivity contribution in [2.24, 2.45) is 0 Å². The van der Waals surface area contributed by atoms with E-state index >= 15 is 0 Å². The number of hydrogen-bond acceptors (Lipinski definition) is 4. The third kappa shape index (κ3) is 10.2. The van der Waals surface area contributed by atoms with Gasteiger partial charge in [0.1, 0.15) is 23.0 Å². The van der Waals surface area contributed by atoms with Gasteiger partial charge in [-0.3, -0.25) is 0 Å². The number of methoxy groups -OCH3 is 2. The van der Waals surface area contributed by atoms with E-state index < -0.39 is 32.4 Å². The van der Waals surface area contributed by atoms with E-state index in [2.05, 4.69) is 328 Å². The molecule has 82 heavy (non-hydrogen) atoms. The SMILES string of the molecule is COc1ccc([Si](c2ccccc2)(c2ccccc2)c2ccccc2)c(OP(c2ccccc2)c2ccccc2)c1-c1c(OC)ccc([Si](c2ccccc2)(c2ccccc2)c2ccccc2)c1OP(c1ccccc1)c1ccccc1. The molecule has 8 heteroatoms. The molecule has 0 unspecified atom stereocenters. The Bertz CT molecular complexity index is 3450. The third-order valence-electron chi connectivity index (χ3n) is 15.3. The van der Waals surface area contributed by atoms with Crippen molar-refractivity contribution < 1.29 is 18.5 Å². The van der Waals surface area contributed by atoms with Crippen LogP contribution < -0.4 is 81.2 Å². The largest absolute Gasteiger partial charge is 0.496 e. The highest BCUT2D eigenvalue weighted by Crippen LogP contribution is 2.53. The molecule has 0 saturated heterocycles. The lowest BCUT2D eigenvalue weighted by molar-refractivity contribution is 0.408. The van der Waals surface area contributed by atoms with Gasteiger partial charge in [0.2, 0.25) is 0 Å². The first-order valence-corrected chi connectivity index (χ1v) is 34.1. The Morgan fingerprint density at radius 1 is 0.232 bits per heavy atom. The second kappa shape index (κ2) is 24.9. The number of benzene rings is 12. The van der Waals surface area contributed by atoms with Crippen molar-refractivity contribution in [3.05, 3.63) is 328 Å². The highest BCUT2D eigenvalue weighted by molar-refractivity contribution is 7.69. The summed E-state index contributed by atoms with van der Waals surface area (Å²) in [6.45, 7) is 0. The van der Waals surface area contributed by atoms with Gasteiger partial charge in [-0.05, 0) is 53.6 Å².